The molecule has 0 spiro atoms. The van der Waals surface area contributed by atoms with Gasteiger partial charge in [-0.1, -0.05) is 185 Å². The summed E-state index contributed by atoms with van der Waals surface area (Å²) >= 11 is 0. The molecule has 0 aliphatic rings. The van der Waals surface area contributed by atoms with E-state index >= 15 is 0 Å². The van der Waals surface area contributed by atoms with Crippen LogP contribution < -0.4 is 4.90 Å². The monoisotopic (exact) mass is 794 g/mol. The highest BCUT2D eigenvalue weighted by Gasteiger charge is 2.20. The second kappa shape index (κ2) is 15.1. The third-order valence-corrected chi connectivity index (χ3v) is 12.5. The minimum atomic E-state index is 0.130. The summed E-state index contributed by atoms with van der Waals surface area (Å²) in [5.74, 6) is 0. The fourth-order valence-corrected chi connectivity index (χ4v) is 9.50. The van der Waals surface area contributed by atoms with Crippen LogP contribution in [0.15, 0.2) is 224 Å². The van der Waals surface area contributed by atoms with Crippen LogP contribution in [0.1, 0.15) is 26.3 Å². The summed E-state index contributed by atoms with van der Waals surface area (Å²) < 4.78 is 2.41. The highest BCUT2D eigenvalue weighted by molar-refractivity contribution is 6.21. The molecular formula is C60H46N2. The molecule has 0 radical (unpaired) electrons. The van der Waals surface area contributed by atoms with E-state index < -0.39 is 0 Å². The Balaban J connectivity index is 1.00. The van der Waals surface area contributed by atoms with Crippen molar-refractivity contribution in [1.82, 2.24) is 4.57 Å². The van der Waals surface area contributed by atoms with E-state index in [-0.39, 0.29) is 5.41 Å². The molecule has 11 rings (SSSR count). The largest absolute Gasteiger partial charge is 0.310 e. The van der Waals surface area contributed by atoms with Crippen LogP contribution in [-0.4, -0.2) is 4.57 Å². The Kier molecular flexibility index (Phi) is 9.09. The first kappa shape index (κ1) is 37.3. The van der Waals surface area contributed by atoms with Crippen molar-refractivity contribution in [2.45, 2.75) is 26.2 Å². The summed E-state index contributed by atoms with van der Waals surface area (Å²) in [7, 11) is 0. The first-order valence-electron chi connectivity index (χ1n) is 21.6. The fourth-order valence-electron chi connectivity index (χ4n) is 9.50. The molecule has 0 aliphatic heterocycles. The Morgan fingerprint density at radius 2 is 0.726 bits per heavy atom. The van der Waals surface area contributed by atoms with Gasteiger partial charge in [0.25, 0.3) is 0 Å². The van der Waals surface area contributed by atoms with Crippen molar-refractivity contribution < 1.29 is 0 Å². The standard InChI is InChI=1S/C60H46N2/c1-60(2,3)45-34-30-42(31-35-45)41-26-28-43(29-27-41)58-51-21-10-12-23-53(51)59(54-24-13-11-22-52(54)58)44-32-36-48(37-33-44)62-56-25-15-14-20-50(56)55-40-49(38-39-57(55)62)61(46-16-6-4-7-17-46)47-18-8-5-9-19-47/h4-40H,1-3H3. The van der Waals surface area contributed by atoms with Gasteiger partial charge in [0.1, 0.15) is 0 Å². The zero-order chi connectivity index (χ0) is 41.8. The Hall–Kier alpha value is -7.68. The first-order valence-corrected chi connectivity index (χ1v) is 21.6. The van der Waals surface area contributed by atoms with E-state index in [1.165, 1.54) is 82.3 Å². The van der Waals surface area contributed by atoms with Gasteiger partial charge in [0.05, 0.1) is 11.0 Å². The molecule has 1 heterocycles. The number of fused-ring (bicyclic) bond motifs is 5. The SMILES string of the molecule is CC(C)(C)c1ccc(-c2ccc(-c3c4ccccc4c(-c4ccc(-n5c6ccccc6c6cc(N(c7ccccc7)c7ccccc7)ccc65)cc4)c4ccccc34)cc2)cc1. The summed E-state index contributed by atoms with van der Waals surface area (Å²) in [5, 5.41) is 7.46. The van der Waals surface area contributed by atoms with Crippen molar-refractivity contribution >= 4 is 60.4 Å². The molecule has 0 fully saturated rings. The van der Waals surface area contributed by atoms with Crippen LogP contribution in [-0.2, 0) is 5.41 Å². The van der Waals surface area contributed by atoms with Gasteiger partial charge in [0.15, 0.2) is 0 Å². The highest BCUT2D eigenvalue weighted by atomic mass is 15.1. The van der Waals surface area contributed by atoms with Crippen molar-refractivity contribution in [1.29, 1.82) is 0 Å². The Labute approximate surface area is 363 Å². The number of benzene rings is 10. The van der Waals surface area contributed by atoms with Crippen LogP contribution in [0.5, 0.6) is 0 Å². The maximum Gasteiger partial charge on any atom is 0.0542 e. The second-order valence-electron chi connectivity index (χ2n) is 17.4. The third-order valence-electron chi connectivity index (χ3n) is 12.5. The van der Waals surface area contributed by atoms with Crippen molar-refractivity contribution in [3.8, 4) is 39.1 Å². The summed E-state index contributed by atoms with van der Waals surface area (Å²) in [5.41, 5.74) is 15.8. The average Bonchev–Trinajstić information content (AvgIpc) is 3.65. The smallest absolute Gasteiger partial charge is 0.0542 e. The molecule has 296 valence electrons. The number of rotatable bonds is 7. The van der Waals surface area contributed by atoms with Crippen LogP contribution in [0.4, 0.5) is 17.1 Å². The van der Waals surface area contributed by atoms with E-state index in [0.29, 0.717) is 0 Å². The van der Waals surface area contributed by atoms with Gasteiger partial charge in [-0.05, 0) is 127 Å². The van der Waals surface area contributed by atoms with E-state index in [1.807, 2.05) is 0 Å². The number of aromatic nitrogens is 1. The minimum absolute atomic E-state index is 0.130. The molecule has 0 unspecified atom stereocenters. The Morgan fingerprint density at radius 1 is 0.323 bits per heavy atom. The zero-order valence-electron chi connectivity index (χ0n) is 35.3. The lowest BCUT2D eigenvalue weighted by atomic mass is 9.85. The molecule has 0 amide bonds. The lowest BCUT2D eigenvalue weighted by molar-refractivity contribution is 0.590. The molecule has 1 aromatic heterocycles. The third kappa shape index (κ3) is 6.44. The molecule has 0 saturated carbocycles. The predicted octanol–water partition coefficient (Wildman–Crippen LogP) is 16.9. The summed E-state index contributed by atoms with van der Waals surface area (Å²) in [6.45, 7) is 6.79. The van der Waals surface area contributed by atoms with Crippen LogP contribution in [0, 0.1) is 0 Å². The van der Waals surface area contributed by atoms with Gasteiger partial charge in [-0.2, -0.15) is 0 Å². The summed E-state index contributed by atoms with van der Waals surface area (Å²) in [6, 6.07) is 82.1. The van der Waals surface area contributed by atoms with Crippen LogP contribution in [0.3, 0.4) is 0 Å². The molecule has 62 heavy (non-hydrogen) atoms. The van der Waals surface area contributed by atoms with Gasteiger partial charge in [0.2, 0.25) is 0 Å². The molecule has 0 bridgehead atoms. The Morgan fingerprint density at radius 3 is 1.23 bits per heavy atom. The first-order chi connectivity index (χ1) is 30.4. The molecule has 10 aromatic carbocycles. The van der Waals surface area contributed by atoms with Crippen LogP contribution in [0.25, 0.3) is 82.4 Å². The molecular weight excluding hydrogens is 749 g/mol. The second-order valence-corrected chi connectivity index (χ2v) is 17.4. The average molecular weight is 795 g/mol. The maximum atomic E-state index is 2.41. The van der Waals surface area contributed by atoms with Crippen LogP contribution >= 0.6 is 0 Å². The Bertz CT molecular complexity index is 3290. The zero-order valence-corrected chi connectivity index (χ0v) is 35.3. The molecule has 11 aromatic rings. The highest BCUT2D eigenvalue weighted by Crippen LogP contribution is 2.45. The van der Waals surface area contributed by atoms with Gasteiger partial charge in [-0.15, -0.1) is 0 Å². The van der Waals surface area contributed by atoms with Crippen molar-refractivity contribution in [3.05, 3.63) is 230 Å². The van der Waals surface area contributed by atoms with Gasteiger partial charge in [0, 0.05) is 33.5 Å². The van der Waals surface area contributed by atoms with E-state index in [2.05, 4.69) is 255 Å². The van der Waals surface area contributed by atoms with Gasteiger partial charge in [-0.3, -0.25) is 0 Å². The van der Waals surface area contributed by atoms with Gasteiger partial charge in [-0.25, -0.2) is 0 Å². The maximum absolute atomic E-state index is 2.41. The summed E-state index contributed by atoms with van der Waals surface area (Å²) in [4.78, 5) is 2.34. The van der Waals surface area contributed by atoms with Crippen molar-refractivity contribution in [2.24, 2.45) is 0 Å². The molecule has 0 aliphatic carbocycles. The molecule has 0 N–H and O–H groups in total. The van der Waals surface area contributed by atoms with E-state index in [9.17, 15) is 0 Å². The van der Waals surface area contributed by atoms with E-state index in [0.717, 1.165) is 22.7 Å². The van der Waals surface area contributed by atoms with Crippen molar-refractivity contribution in [2.75, 3.05) is 4.90 Å². The number of hydrogen-bond donors (Lipinski definition) is 0. The number of nitrogens with zero attached hydrogens (tertiary/aromatic N) is 2. The van der Waals surface area contributed by atoms with Gasteiger partial charge >= 0.3 is 0 Å². The quantitative estimate of drug-likeness (QED) is 0.146. The predicted molar refractivity (Wildman–Crippen MR) is 265 cm³/mol. The number of hydrogen-bond acceptors (Lipinski definition) is 1. The van der Waals surface area contributed by atoms with E-state index in [4.69, 9.17) is 0 Å². The van der Waals surface area contributed by atoms with E-state index in [1.54, 1.807) is 0 Å². The molecule has 0 atom stereocenters. The lowest BCUT2D eigenvalue weighted by Gasteiger charge is -2.25. The molecule has 2 heteroatoms. The minimum Gasteiger partial charge on any atom is -0.310 e. The fraction of sp³-hybridized carbons (Fsp3) is 0.0667. The van der Waals surface area contributed by atoms with Crippen LogP contribution in [0.2, 0.25) is 0 Å². The molecule has 2 nitrogen and oxygen atoms in total. The summed E-state index contributed by atoms with van der Waals surface area (Å²) in [6.07, 6.45) is 0. The number of anilines is 3. The van der Waals surface area contributed by atoms with Gasteiger partial charge < -0.3 is 9.47 Å². The van der Waals surface area contributed by atoms with Crippen molar-refractivity contribution in [3.63, 3.8) is 0 Å². The normalized spacial score (nSPS) is 11.8. The topological polar surface area (TPSA) is 8.17 Å². The molecule has 0 saturated heterocycles. The number of para-hydroxylation sites is 3. The lowest BCUT2D eigenvalue weighted by Crippen LogP contribution is -2.10.